The van der Waals surface area contributed by atoms with Crippen LogP contribution in [0, 0.1) is 0 Å². The van der Waals surface area contributed by atoms with Crippen molar-refractivity contribution in [3.05, 3.63) is 40.2 Å². The summed E-state index contributed by atoms with van der Waals surface area (Å²) in [5, 5.41) is 4.45. The van der Waals surface area contributed by atoms with Crippen LogP contribution in [-0.2, 0) is 5.41 Å². The Hall–Kier alpha value is -1.15. The molecule has 70 valence electrons. The van der Waals surface area contributed by atoms with E-state index >= 15 is 0 Å². The number of hydrogen-bond donors (Lipinski definition) is 0. The smallest absolute Gasteiger partial charge is 0.0754 e. The zero-order chi connectivity index (χ0) is 9.76. The maximum atomic E-state index is 4.48. The zero-order valence-corrected chi connectivity index (χ0v) is 9.06. The molecule has 0 saturated carbocycles. The highest BCUT2D eigenvalue weighted by Crippen LogP contribution is 2.48. The monoisotopic (exact) mass is 201 g/mol. The number of rotatable bonds is 0. The number of pyridine rings is 1. The molecule has 1 aliphatic carbocycles. The summed E-state index contributed by atoms with van der Waals surface area (Å²) in [5.74, 6) is 0. The Bertz CT molecular complexity index is 497. The molecular formula is C12H11NS. The van der Waals surface area contributed by atoms with E-state index < -0.39 is 0 Å². The summed E-state index contributed by atoms with van der Waals surface area (Å²) in [4.78, 5) is 4.48. The molecule has 0 saturated heterocycles. The van der Waals surface area contributed by atoms with E-state index in [0.29, 0.717) is 0 Å². The van der Waals surface area contributed by atoms with Crippen molar-refractivity contribution in [1.82, 2.24) is 4.98 Å². The molecule has 0 spiro atoms. The first-order valence-corrected chi connectivity index (χ1v) is 5.68. The van der Waals surface area contributed by atoms with Crippen molar-refractivity contribution >= 4 is 11.3 Å². The van der Waals surface area contributed by atoms with Crippen LogP contribution in [-0.4, -0.2) is 4.98 Å². The topological polar surface area (TPSA) is 12.9 Å². The van der Waals surface area contributed by atoms with Crippen molar-refractivity contribution in [2.75, 3.05) is 0 Å². The van der Waals surface area contributed by atoms with Crippen LogP contribution in [0.3, 0.4) is 0 Å². The van der Waals surface area contributed by atoms with Crippen molar-refractivity contribution < 1.29 is 0 Å². The van der Waals surface area contributed by atoms with Gasteiger partial charge in [-0.1, -0.05) is 19.9 Å². The third-order valence-corrected chi connectivity index (χ3v) is 3.82. The van der Waals surface area contributed by atoms with E-state index in [1.165, 1.54) is 22.4 Å². The average Bonchev–Trinajstić information content (AvgIpc) is 2.72. The largest absolute Gasteiger partial charge is 0.256 e. The van der Waals surface area contributed by atoms with Crippen LogP contribution in [0.4, 0.5) is 0 Å². The summed E-state index contributed by atoms with van der Waals surface area (Å²) in [6.45, 7) is 4.54. The molecular weight excluding hydrogens is 190 g/mol. The standard InChI is InChI=1S/C12H11NS/c1-12(2)9-4-3-5-13-11(9)8-6-14-7-10(8)12/h3-7H,1-2H3. The Morgan fingerprint density at radius 1 is 1.21 bits per heavy atom. The van der Waals surface area contributed by atoms with Gasteiger partial charge >= 0.3 is 0 Å². The lowest BCUT2D eigenvalue weighted by Gasteiger charge is -2.19. The van der Waals surface area contributed by atoms with E-state index in [2.05, 4.69) is 35.7 Å². The second-order valence-corrected chi connectivity index (χ2v) is 4.97. The van der Waals surface area contributed by atoms with Crippen LogP contribution in [0.2, 0.25) is 0 Å². The van der Waals surface area contributed by atoms with Gasteiger partial charge in [0.25, 0.3) is 0 Å². The Kier molecular flexibility index (Phi) is 1.43. The van der Waals surface area contributed by atoms with Gasteiger partial charge in [-0.3, -0.25) is 4.98 Å². The fraction of sp³-hybridized carbons (Fsp3) is 0.250. The number of hydrogen-bond acceptors (Lipinski definition) is 2. The van der Waals surface area contributed by atoms with Gasteiger partial charge in [0.15, 0.2) is 0 Å². The predicted molar refractivity (Wildman–Crippen MR) is 59.7 cm³/mol. The highest BCUT2D eigenvalue weighted by molar-refractivity contribution is 7.08. The molecule has 2 heteroatoms. The van der Waals surface area contributed by atoms with Crippen LogP contribution in [0.5, 0.6) is 0 Å². The Labute approximate surface area is 87.4 Å². The first-order valence-electron chi connectivity index (χ1n) is 4.74. The minimum atomic E-state index is 0.138. The second kappa shape index (κ2) is 2.45. The van der Waals surface area contributed by atoms with Crippen molar-refractivity contribution in [3.63, 3.8) is 0 Å². The third kappa shape index (κ3) is 0.819. The Morgan fingerprint density at radius 2 is 2.07 bits per heavy atom. The summed E-state index contributed by atoms with van der Waals surface area (Å²) >= 11 is 1.77. The normalized spacial score (nSPS) is 16.4. The lowest BCUT2D eigenvalue weighted by atomic mass is 9.84. The van der Waals surface area contributed by atoms with Crippen molar-refractivity contribution in [2.45, 2.75) is 19.3 Å². The van der Waals surface area contributed by atoms with E-state index in [-0.39, 0.29) is 5.41 Å². The highest BCUT2D eigenvalue weighted by atomic mass is 32.1. The Morgan fingerprint density at radius 3 is 2.93 bits per heavy atom. The SMILES string of the molecule is CC1(C)c2cscc2-c2ncccc21. The van der Waals surface area contributed by atoms with Gasteiger partial charge in [0.2, 0.25) is 0 Å². The van der Waals surface area contributed by atoms with E-state index in [9.17, 15) is 0 Å². The van der Waals surface area contributed by atoms with Crippen LogP contribution in [0.25, 0.3) is 11.3 Å². The molecule has 0 bridgehead atoms. The van der Waals surface area contributed by atoms with Crippen molar-refractivity contribution in [2.24, 2.45) is 0 Å². The molecule has 0 radical (unpaired) electrons. The van der Waals surface area contributed by atoms with Crippen LogP contribution >= 0.6 is 11.3 Å². The first kappa shape index (κ1) is 8.18. The molecule has 3 rings (SSSR count). The molecule has 0 N–H and O–H groups in total. The van der Waals surface area contributed by atoms with Crippen LogP contribution < -0.4 is 0 Å². The van der Waals surface area contributed by atoms with Gasteiger partial charge in [0, 0.05) is 22.6 Å². The molecule has 1 nitrogen and oxygen atoms in total. The lowest BCUT2D eigenvalue weighted by molar-refractivity contribution is 0.661. The van der Waals surface area contributed by atoms with Gasteiger partial charge in [-0.05, 0) is 22.6 Å². The highest BCUT2D eigenvalue weighted by Gasteiger charge is 2.36. The quantitative estimate of drug-likeness (QED) is 0.636. The van der Waals surface area contributed by atoms with Gasteiger partial charge in [-0.25, -0.2) is 0 Å². The summed E-state index contributed by atoms with van der Waals surface area (Å²) in [6.07, 6.45) is 1.88. The van der Waals surface area contributed by atoms with E-state index in [1.54, 1.807) is 11.3 Å². The fourth-order valence-corrected chi connectivity index (χ4v) is 3.23. The van der Waals surface area contributed by atoms with Crippen molar-refractivity contribution in [1.29, 1.82) is 0 Å². The van der Waals surface area contributed by atoms with Gasteiger partial charge in [-0.2, -0.15) is 11.3 Å². The zero-order valence-electron chi connectivity index (χ0n) is 8.24. The van der Waals surface area contributed by atoms with Crippen LogP contribution in [0.15, 0.2) is 29.1 Å². The Balaban J connectivity index is 2.42. The number of thiophene rings is 1. The number of nitrogens with zero attached hydrogens (tertiary/aromatic N) is 1. The molecule has 14 heavy (non-hydrogen) atoms. The lowest BCUT2D eigenvalue weighted by Crippen LogP contribution is -2.14. The second-order valence-electron chi connectivity index (χ2n) is 4.22. The molecule has 2 heterocycles. The molecule has 1 aliphatic rings. The molecule has 0 amide bonds. The number of aromatic nitrogens is 1. The third-order valence-electron chi connectivity index (χ3n) is 3.07. The predicted octanol–water partition coefficient (Wildman–Crippen LogP) is 3.45. The summed E-state index contributed by atoms with van der Waals surface area (Å²) in [5.41, 5.74) is 5.43. The summed E-state index contributed by atoms with van der Waals surface area (Å²) in [7, 11) is 0. The van der Waals surface area contributed by atoms with Gasteiger partial charge in [0.1, 0.15) is 0 Å². The minimum Gasteiger partial charge on any atom is -0.256 e. The molecule has 0 aromatic carbocycles. The van der Waals surface area contributed by atoms with E-state index in [1.807, 2.05) is 12.3 Å². The van der Waals surface area contributed by atoms with Crippen molar-refractivity contribution in [3.8, 4) is 11.3 Å². The minimum absolute atomic E-state index is 0.138. The van der Waals surface area contributed by atoms with Crippen LogP contribution in [0.1, 0.15) is 25.0 Å². The van der Waals surface area contributed by atoms with E-state index in [0.717, 1.165) is 0 Å². The van der Waals surface area contributed by atoms with Gasteiger partial charge in [-0.15, -0.1) is 0 Å². The maximum absolute atomic E-state index is 4.48. The first-order chi connectivity index (χ1) is 6.71. The molecule has 0 unspecified atom stereocenters. The maximum Gasteiger partial charge on any atom is 0.0754 e. The van der Waals surface area contributed by atoms with Gasteiger partial charge in [0.05, 0.1) is 5.69 Å². The van der Waals surface area contributed by atoms with E-state index in [4.69, 9.17) is 0 Å². The molecule has 0 atom stereocenters. The fourth-order valence-electron chi connectivity index (χ4n) is 2.23. The molecule has 0 aliphatic heterocycles. The van der Waals surface area contributed by atoms with Gasteiger partial charge < -0.3 is 0 Å². The summed E-state index contributed by atoms with van der Waals surface area (Å²) in [6, 6.07) is 4.21. The number of fused-ring (bicyclic) bond motifs is 3. The summed E-state index contributed by atoms with van der Waals surface area (Å²) < 4.78 is 0. The molecule has 2 aromatic heterocycles. The molecule has 0 fully saturated rings. The molecule has 2 aromatic rings. The average molecular weight is 201 g/mol.